The van der Waals surface area contributed by atoms with Gasteiger partial charge in [-0.1, -0.05) is 30.3 Å². The van der Waals surface area contributed by atoms with Crippen LogP contribution in [0, 0.1) is 0 Å². The largest absolute Gasteiger partial charge is 0.394 e. The molecule has 0 fully saturated rings. The zero-order valence-electron chi connectivity index (χ0n) is 13.9. The quantitative estimate of drug-likeness (QED) is 0.747. The number of benzene rings is 2. The fourth-order valence-electron chi connectivity index (χ4n) is 2.97. The van der Waals surface area contributed by atoms with Crippen LogP contribution in [0.15, 0.2) is 53.4 Å². The molecule has 2 atom stereocenters. The number of sulfone groups is 1. The van der Waals surface area contributed by atoms with Crippen molar-refractivity contribution in [2.75, 3.05) is 12.9 Å². The van der Waals surface area contributed by atoms with Crippen LogP contribution in [0.5, 0.6) is 0 Å². The standard InChI is InChI=1S/C18H17NO6S/c1-26(24,25)12-7-8-13-14(9-12)18(23)19(17(13)22)15(10-20)16(21)11-5-3-2-4-6-11/h2-9,15-16,20-21H,10H2,1H3. The lowest BCUT2D eigenvalue weighted by molar-refractivity contribution is 0.0172. The van der Waals surface area contributed by atoms with Crippen molar-refractivity contribution in [3.8, 4) is 0 Å². The summed E-state index contributed by atoms with van der Waals surface area (Å²) >= 11 is 0. The summed E-state index contributed by atoms with van der Waals surface area (Å²) in [5.41, 5.74) is 0.428. The van der Waals surface area contributed by atoms with Crippen LogP contribution in [0.1, 0.15) is 32.4 Å². The Morgan fingerprint density at radius 1 is 1.00 bits per heavy atom. The molecule has 1 aliphatic rings. The second-order valence-corrected chi connectivity index (χ2v) is 8.08. The number of fused-ring (bicyclic) bond motifs is 1. The van der Waals surface area contributed by atoms with E-state index in [-0.39, 0.29) is 16.0 Å². The zero-order chi connectivity index (χ0) is 19.1. The summed E-state index contributed by atoms with van der Waals surface area (Å²) in [7, 11) is -3.55. The Labute approximate surface area is 150 Å². The normalized spacial score (nSPS) is 16.5. The van der Waals surface area contributed by atoms with Crippen LogP contribution >= 0.6 is 0 Å². The molecule has 0 saturated heterocycles. The molecule has 136 valence electrons. The lowest BCUT2D eigenvalue weighted by Gasteiger charge is -2.29. The highest BCUT2D eigenvalue weighted by molar-refractivity contribution is 7.90. The number of nitrogens with zero attached hydrogens (tertiary/aromatic N) is 1. The van der Waals surface area contributed by atoms with Gasteiger partial charge in [0, 0.05) is 6.26 Å². The highest BCUT2D eigenvalue weighted by Gasteiger charge is 2.43. The van der Waals surface area contributed by atoms with Crippen molar-refractivity contribution in [3.63, 3.8) is 0 Å². The average Bonchev–Trinajstić information content (AvgIpc) is 2.87. The average molecular weight is 375 g/mol. The molecule has 2 amide bonds. The van der Waals surface area contributed by atoms with Gasteiger partial charge in [0.2, 0.25) is 0 Å². The molecule has 0 radical (unpaired) electrons. The zero-order valence-corrected chi connectivity index (χ0v) is 14.7. The van der Waals surface area contributed by atoms with Crippen LogP contribution in [0.4, 0.5) is 0 Å². The van der Waals surface area contributed by atoms with Gasteiger partial charge in [-0.05, 0) is 23.8 Å². The van der Waals surface area contributed by atoms with Crippen molar-refractivity contribution in [2.24, 2.45) is 0 Å². The lowest BCUT2D eigenvalue weighted by atomic mass is 10.0. The Balaban J connectivity index is 2.00. The van der Waals surface area contributed by atoms with E-state index in [1.54, 1.807) is 30.3 Å². The summed E-state index contributed by atoms with van der Waals surface area (Å²) in [5, 5.41) is 20.3. The Bertz CT molecular complexity index is 970. The van der Waals surface area contributed by atoms with E-state index in [0.717, 1.165) is 17.2 Å². The number of carbonyl (C=O) groups is 2. The first kappa shape index (κ1) is 18.2. The third-order valence-corrected chi connectivity index (χ3v) is 5.45. The van der Waals surface area contributed by atoms with E-state index in [4.69, 9.17) is 0 Å². The first-order valence-corrected chi connectivity index (χ1v) is 9.70. The van der Waals surface area contributed by atoms with Crippen LogP contribution in [0.25, 0.3) is 0 Å². The smallest absolute Gasteiger partial charge is 0.262 e. The first-order chi connectivity index (χ1) is 12.3. The maximum Gasteiger partial charge on any atom is 0.262 e. The fraction of sp³-hybridized carbons (Fsp3) is 0.222. The molecule has 1 heterocycles. The summed E-state index contributed by atoms with van der Waals surface area (Å²) in [4.78, 5) is 26.1. The van der Waals surface area contributed by atoms with E-state index < -0.39 is 40.4 Å². The molecule has 2 aromatic carbocycles. The van der Waals surface area contributed by atoms with E-state index in [1.807, 2.05) is 0 Å². The highest BCUT2D eigenvalue weighted by atomic mass is 32.2. The third-order valence-electron chi connectivity index (χ3n) is 4.34. The molecule has 1 aliphatic heterocycles. The Hall–Kier alpha value is -2.55. The second kappa shape index (κ2) is 6.64. The van der Waals surface area contributed by atoms with E-state index in [0.29, 0.717) is 5.56 Å². The van der Waals surface area contributed by atoms with Gasteiger partial charge in [0.05, 0.1) is 28.7 Å². The molecule has 0 spiro atoms. The van der Waals surface area contributed by atoms with Crippen LogP contribution in [0.2, 0.25) is 0 Å². The number of imide groups is 1. The minimum absolute atomic E-state index is 0.0427. The molecule has 3 rings (SSSR count). The highest BCUT2D eigenvalue weighted by Crippen LogP contribution is 2.31. The summed E-state index contributed by atoms with van der Waals surface area (Å²) in [6.07, 6.45) is -0.276. The maximum atomic E-state index is 12.7. The number of hydrogen-bond acceptors (Lipinski definition) is 6. The van der Waals surface area contributed by atoms with Gasteiger partial charge in [0.15, 0.2) is 9.84 Å². The van der Waals surface area contributed by atoms with Crippen molar-refractivity contribution in [3.05, 3.63) is 65.2 Å². The molecular weight excluding hydrogens is 358 g/mol. The molecule has 0 bridgehead atoms. The molecule has 0 aliphatic carbocycles. The fourth-order valence-corrected chi connectivity index (χ4v) is 3.61. The minimum atomic E-state index is -3.55. The SMILES string of the molecule is CS(=O)(=O)c1ccc2c(c1)C(=O)N(C(CO)C(O)c1ccccc1)C2=O. The topological polar surface area (TPSA) is 112 Å². The molecule has 7 nitrogen and oxygen atoms in total. The van der Waals surface area contributed by atoms with E-state index in [1.165, 1.54) is 12.1 Å². The summed E-state index contributed by atoms with van der Waals surface area (Å²) in [6.45, 7) is -0.638. The Kier molecular flexibility index (Phi) is 4.66. The van der Waals surface area contributed by atoms with Gasteiger partial charge < -0.3 is 10.2 Å². The maximum absolute atomic E-state index is 12.7. The number of amides is 2. The first-order valence-electron chi connectivity index (χ1n) is 7.81. The third kappa shape index (κ3) is 3.03. The second-order valence-electron chi connectivity index (χ2n) is 6.07. The number of carbonyl (C=O) groups excluding carboxylic acids is 2. The molecule has 2 N–H and O–H groups in total. The molecule has 0 aromatic heterocycles. The molecule has 8 heteroatoms. The van der Waals surface area contributed by atoms with Gasteiger partial charge in [-0.2, -0.15) is 0 Å². The lowest BCUT2D eigenvalue weighted by Crippen LogP contribution is -2.45. The monoisotopic (exact) mass is 375 g/mol. The molecule has 2 unspecified atom stereocenters. The van der Waals surface area contributed by atoms with Gasteiger partial charge in [-0.15, -0.1) is 0 Å². The number of aliphatic hydroxyl groups is 2. The van der Waals surface area contributed by atoms with Crippen LogP contribution < -0.4 is 0 Å². The van der Waals surface area contributed by atoms with Crippen molar-refractivity contribution < 1.29 is 28.2 Å². The van der Waals surface area contributed by atoms with Gasteiger partial charge in [0.25, 0.3) is 11.8 Å². The Morgan fingerprint density at radius 3 is 2.19 bits per heavy atom. The van der Waals surface area contributed by atoms with Gasteiger partial charge in [-0.25, -0.2) is 8.42 Å². The van der Waals surface area contributed by atoms with E-state index >= 15 is 0 Å². The van der Waals surface area contributed by atoms with Crippen molar-refractivity contribution in [1.29, 1.82) is 0 Å². The van der Waals surface area contributed by atoms with Crippen molar-refractivity contribution in [2.45, 2.75) is 17.0 Å². The molecule has 26 heavy (non-hydrogen) atoms. The number of hydrogen-bond donors (Lipinski definition) is 2. The van der Waals surface area contributed by atoms with E-state index in [9.17, 15) is 28.2 Å². The molecular formula is C18H17NO6S. The molecule has 0 saturated carbocycles. The van der Waals surface area contributed by atoms with Crippen molar-refractivity contribution in [1.82, 2.24) is 4.90 Å². The van der Waals surface area contributed by atoms with Crippen LogP contribution in [-0.4, -0.2) is 54.2 Å². The summed E-state index contributed by atoms with van der Waals surface area (Å²) < 4.78 is 23.4. The van der Waals surface area contributed by atoms with Crippen molar-refractivity contribution >= 4 is 21.7 Å². The predicted octanol–water partition coefficient (Wildman–Crippen LogP) is 0.781. The summed E-state index contributed by atoms with van der Waals surface area (Å²) in [5.74, 6) is -1.43. The minimum Gasteiger partial charge on any atom is -0.394 e. The van der Waals surface area contributed by atoms with Crippen LogP contribution in [-0.2, 0) is 9.84 Å². The predicted molar refractivity (Wildman–Crippen MR) is 92.3 cm³/mol. The van der Waals surface area contributed by atoms with Crippen LogP contribution in [0.3, 0.4) is 0 Å². The van der Waals surface area contributed by atoms with Gasteiger partial charge in [0.1, 0.15) is 6.10 Å². The van der Waals surface area contributed by atoms with Gasteiger partial charge in [-0.3, -0.25) is 14.5 Å². The molecule has 2 aromatic rings. The van der Waals surface area contributed by atoms with E-state index in [2.05, 4.69) is 0 Å². The number of aliphatic hydroxyl groups excluding tert-OH is 2. The summed E-state index contributed by atoms with van der Waals surface area (Å²) in [6, 6.07) is 10.8. The number of rotatable bonds is 5. The van der Waals surface area contributed by atoms with Gasteiger partial charge >= 0.3 is 0 Å². The Morgan fingerprint density at radius 2 is 1.62 bits per heavy atom.